The second-order valence-corrected chi connectivity index (χ2v) is 4.41. The lowest BCUT2D eigenvalue weighted by Gasteiger charge is -2.11. The van der Waals surface area contributed by atoms with E-state index in [1.54, 1.807) is 18.2 Å². The monoisotopic (exact) mass is 270 g/mol. The van der Waals surface area contributed by atoms with Crippen LogP contribution in [0.15, 0.2) is 54.6 Å². The van der Waals surface area contributed by atoms with Crippen LogP contribution in [-0.2, 0) is 11.3 Å². The van der Waals surface area contributed by atoms with E-state index in [1.165, 1.54) is 0 Å². The Morgan fingerprint density at radius 3 is 2.45 bits per heavy atom. The Morgan fingerprint density at radius 1 is 1.00 bits per heavy atom. The SMILES string of the molecule is CCCOC(=O)c1ccccc1OCc1ccccc1. The Balaban J connectivity index is 2.06. The molecule has 2 aromatic carbocycles. The maximum absolute atomic E-state index is 11.9. The highest BCUT2D eigenvalue weighted by molar-refractivity contribution is 5.92. The molecule has 0 aliphatic carbocycles. The quantitative estimate of drug-likeness (QED) is 0.748. The topological polar surface area (TPSA) is 35.5 Å². The van der Waals surface area contributed by atoms with Crippen LogP contribution in [0.2, 0.25) is 0 Å². The number of esters is 1. The lowest BCUT2D eigenvalue weighted by molar-refractivity contribution is 0.0500. The summed E-state index contributed by atoms with van der Waals surface area (Å²) in [6.07, 6.45) is 0.804. The zero-order chi connectivity index (χ0) is 14.2. The van der Waals surface area contributed by atoms with Crippen molar-refractivity contribution in [2.75, 3.05) is 6.61 Å². The van der Waals surface area contributed by atoms with Gasteiger partial charge in [0.2, 0.25) is 0 Å². The van der Waals surface area contributed by atoms with Gasteiger partial charge in [-0.05, 0) is 24.1 Å². The largest absolute Gasteiger partial charge is 0.488 e. The lowest BCUT2D eigenvalue weighted by atomic mass is 10.2. The van der Waals surface area contributed by atoms with Crippen LogP contribution in [-0.4, -0.2) is 12.6 Å². The Labute approximate surface area is 119 Å². The van der Waals surface area contributed by atoms with Crippen LogP contribution in [0.4, 0.5) is 0 Å². The van der Waals surface area contributed by atoms with Crippen LogP contribution in [0.1, 0.15) is 29.3 Å². The van der Waals surface area contributed by atoms with E-state index in [0.717, 1.165) is 12.0 Å². The van der Waals surface area contributed by atoms with Crippen LogP contribution < -0.4 is 4.74 Å². The molecule has 0 fully saturated rings. The number of ether oxygens (including phenoxy) is 2. The molecular formula is C17H18O3. The third kappa shape index (κ3) is 3.85. The minimum atomic E-state index is -0.337. The first kappa shape index (κ1) is 14.1. The molecule has 20 heavy (non-hydrogen) atoms. The van der Waals surface area contributed by atoms with E-state index < -0.39 is 0 Å². The highest BCUT2D eigenvalue weighted by atomic mass is 16.5. The van der Waals surface area contributed by atoms with E-state index in [0.29, 0.717) is 24.5 Å². The van der Waals surface area contributed by atoms with Crippen molar-refractivity contribution in [1.82, 2.24) is 0 Å². The fourth-order valence-electron chi connectivity index (χ4n) is 1.77. The second kappa shape index (κ2) is 7.34. The molecule has 3 nitrogen and oxygen atoms in total. The van der Waals surface area contributed by atoms with Gasteiger partial charge in [0.15, 0.2) is 0 Å². The molecule has 0 aliphatic heterocycles. The van der Waals surface area contributed by atoms with Crippen LogP contribution >= 0.6 is 0 Å². The molecule has 0 saturated carbocycles. The second-order valence-electron chi connectivity index (χ2n) is 4.41. The van der Waals surface area contributed by atoms with Crippen LogP contribution in [0.25, 0.3) is 0 Å². The maximum atomic E-state index is 11.9. The summed E-state index contributed by atoms with van der Waals surface area (Å²) in [5.74, 6) is 0.216. The van der Waals surface area contributed by atoms with Gasteiger partial charge in [0.1, 0.15) is 17.9 Å². The maximum Gasteiger partial charge on any atom is 0.341 e. The van der Waals surface area contributed by atoms with Crippen molar-refractivity contribution < 1.29 is 14.3 Å². The van der Waals surface area contributed by atoms with Gasteiger partial charge in [-0.2, -0.15) is 0 Å². The van der Waals surface area contributed by atoms with E-state index >= 15 is 0 Å². The van der Waals surface area contributed by atoms with Gasteiger partial charge >= 0.3 is 5.97 Å². The number of carbonyl (C=O) groups excluding carboxylic acids is 1. The predicted octanol–water partition coefficient (Wildman–Crippen LogP) is 3.83. The van der Waals surface area contributed by atoms with Gasteiger partial charge in [0, 0.05) is 0 Å². The first-order valence-electron chi connectivity index (χ1n) is 6.74. The Kier molecular flexibility index (Phi) is 5.18. The molecule has 3 heteroatoms. The van der Waals surface area contributed by atoms with Crippen molar-refractivity contribution in [3.8, 4) is 5.75 Å². The molecule has 0 saturated heterocycles. The minimum absolute atomic E-state index is 0.337. The van der Waals surface area contributed by atoms with E-state index in [1.807, 2.05) is 43.3 Å². The molecule has 0 atom stereocenters. The van der Waals surface area contributed by atoms with E-state index in [4.69, 9.17) is 9.47 Å². The zero-order valence-electron chi connectivity index (χ0n) is 11.5. The van der Waals surface area contributed by atoms with Crippen molar-refractivity contribution in [2.24, 2.45) is 0 Å². The van der Waals surface area contributed by atoms with Crippen LogP contribution in [0, 0.1) is 0 Å². The minimum Gasteiger partial charge on any atom is -0.488 e. The van der Waals surface area contributed by atoms with E-state index in [-0.39, 0.29) is 5.97 Å². The summed E-state index contributed by atoms with van der Waals surface area (Å²) in [7, 11) is 0. The average molecular weight is 270 g/mol. The third-order valence-corrected chi connectivity index (χ3v) is 2.78. The van der Waals surface area contributed by atoms with Gasteiger partial charge in [0.25, 0.3) is 0 Å². The van der Waals surface area contributed by atoms with Gasteiger partial charge < -0.3 is 9.47 Å². The summed E-state index contributed by atoms with van der Waals surface area (Å²) in [5, 5.41) is 0. The summed E-state index contributed by atoms with van der Waals surface area (Å²) in [6, 6.07) is 17.0. The first-order chi connectivity index (χ1) is 9.81. The molecule has 0 unspecified atom stereocenters. The molecule has 0 spiro atoms. The van der Waals surface area contributed by atoms with Crippen LogP contribution in [0.5, 0.6) is 5.75 Å². The Hall–Kier alpha value is -2.29. The molecule has 0 aromatic heterocycles. The zero-order valence-corrected chi connectivity index (χ0v) is 11.5. The van der Waals surface area contributed by atoms with Gasteiger partial charge in [-0.3, -0.25) is 0 Å². The number of para-hydroxylation sites is 1. The molecule has 0 bridgehead atoms. The number of hydrogen-bond acceptors (Lipinski definition) is 3. The van der Waals surface area contributed by atoms with Gasteiger partial charge in [-0.1, -0.05) is 49.4 Å². The fourth-order valence-corrected chi connectivity index (χ4v) is 1.77. The molecule has 0 amide bonds. The summed E-state index contributed by atoms with van der Waals surface area (Å²) in [6.45, 7) is 2.82. The van der Waals surface area contributed by atoms with Crippen molar-refractivity contribution in [3.63, 3.8) is 0 Å². The van der Waals surface area contributed by atoms with Crippen molar-refractivity contribution in [1.29, 1.82) is 0 Å². The standard InChI is InChI=1S/C17H18O3/c1-2-12-19-17(18)15-10-6-7-11-16(15)20-13-14-8-4-3-5-9-14/h3-11H,2,12-13H2,1H3. The van der Waals surface area contributed by atoms with Crippen molar-refractivity contribution in [3.05, 3.63) is 65.7 Å². The fraction of sp³-hybridized carbons (Fsp3) is 0.235. The van der Waals surface area contributed by atoms with Crippen LogP contribution in [0.3, 0.4) is 0 Å². The smallest absolute Gasteiger partial charge is 0.341 e. The third-order valence-electron chi connectivity index (χ3n) is 2.78. The molecule has 2 rings (SSSR count). The molecular weight excluding hydrogens is 252 g/mol. The summed E-state index contributed by atoms with van der Waals surface area (Å²) in [5.41, 5.74) is 1.53. The lowest BCUT2D eigenvalue weighted by Crippen LogP contribution is -2.08. The molecule has 0 aliphatic rings. The summed E-state index contributed by atoms with van der Waals surface area (Å²) < 4.78 is 10.9. The molecule has 0 radical (unpaired) electrons. The Bertz CT molecular complexity index is 549. The van der Waals surface area contributed by atoms with Gasteiger partial charge in [-0.15, -0.1) is 0 Å². The molecule has 0 heterocycles. The predicted molar refractivity (Wildman–Crippen MR) is 77.8 cm³/mol. The number of hydrogen-bond donors (Lipinski definition) is 0. The van der Waals surface area contributed by atoms with Crippen molar-refractivity contribution in [2.45, 2.75) is 20.0 Å². The average Bonchev–Trinajstić information content (AvgIpc) is 2.52. The van der Waals surface area contributed by atoms with E-state index in [9.17, 15) is 4.79 Å². The number of rotatable bonds is 6. The van der Waals surface area contributed by atoms with Gasteiger partial charge in [-0.25, -0.2) is 4.79 Å². The van der Waals surface area contributed by atoms with Crippen molar-refractivity contribution >= 4 is 5.97 Å². The normalized spacial score (nSPS) is 10.1. The van der Waals surface area contributed by atoms with E-state index in [2.05, 4.69) is 0 Å². The number of carbonyl (C=O) groups is 1. The van der Waals surface area contributed by atoms with Gasteiger partial charge in [0.05, 0.1) is 6.61 Å². The number of benzene rings is 2. The molecule has 2 aromatic rings. The first-order valence-corrected chi connectivity index (χ1v) is 6.74. The molecule has 104 valence electrons. The highest BCUT2D eigenvalue weighted by Gasteiger charge is 2.13. The Morgan fingerprint density at radius 2 is 1.70 bits per heavy atom. The summed E-state index contributed by atoms with van der Waals surface area (Å²) >= 11 is 0. The molecule has 0 N–H and O–H groups in total. The highest BCUT2D eigenvalue weighted by Crippen LogP contribution is 2.20. The summed E-state index contributed by atoms with van der Waals surface area (Å²) in [4.78, 5) is 11.9.